The molecule has 1 aliphatic heterocycles. The molecule has 1 saturated heterocycles. The Balaban J connectivity index is 1.96. The van der Waals surface area contributed by atoms with E-state index in [1.54, 1.807) is 23.2 Å². The zero-order valence-corrected chi connectivity index (χ0v) is 11.3. The Labute approximate surface area is 118 Å². The van der Waals surface area contributed by atoms with Crippen molar-refractivity contribution in [2.45, 2.75) is 0 Å². The molecule has 0 radical (unpaired) electrons. The Hall–Kier alpha value is -2.37. The molecule has 0 aliphatic carbocycles. The van der Waals surface area contributed by atoms with Crippen molar-refractivity contribution >= 4 is 18.0 Å². The molecule has 6 heteroatoms. The van der Waals surface area contributed by atoms with Gasteiger partial charge < -0.3 is 15.1 Å². The van der Waals surface area contributed by atoms with E-state index in [4.69, 9.17) is 0 Å². The third-order valence-corrected chi connectivity index (χ3v) is 3.22. The molecule has 0 aromatic carbocycles. The fourth-order valence-electron chi connectivity index (χ4n) is 2.05. The fraction of sp³-hybridized carbons (Fsp3) is 0.357. The Morgan fingerprint density at radius 2 is 2.10 bits per heavy atom. The molecule has 0 saturated carbocycles. The molecule has 106 valence electrons. The number of amides is 2. The molecule has 0 unspecified atom stereocenters. The molecule has 0 bridgehead atoms. The summed E-state index contributed by atoms with van der Waals surface area (Å²) in [5, 5.41) is 2.68. The Bertz CT molecular complexity index is 478. The first-order valence-corrected chi connectivity index (χ1v) is 6.54. The van der Waals surface area contributed by atoms with Crippen molar-refractivity contribution in [2.75, 3.05) is 37.6 Å². The van der Waals surface area contributed by atoms with Crippen LogP contribution >= 0.6 is 0 Å². The van der Waals surface area contributed by atoms with Gasteiger partial charge in [0.05, 0.1) is 11.9 Å². The van der Waals surface area contributed by atoms with Gasteiger partial charge in [-0.15, -0.1) is 6.58 Å². The summed E-state index contributed by atoms with van der Waals surface area (Å²) in [6.45, 7) is 6.96. The van der Waals surface area contributed by atoms with E-state index in [9.17, 15) is 9.59 Å². The summed E-state index contributed by atoms with van der Waals surface area (Å²) < 4.78 is 0. The van der Waals surface area contributed by atoms with Gasteiger partial charge in [0.2, 0.25) is 6.41 Å². The summed E-state index contributed by atoms with van der Waals surface area (Å²) in [5.74, 6) is -0.206. The smallest absolute Gasteiger partial charge is 0.270 e. The Morgan fingerprint density at radius 1 is 1.35 bits per heavy atom. The monoisotopic (exact) mass is 274 g/mol. The maximum absolute atomic E-state index is 11.7. The predicted molar refractivity (Wildman–Crippen MR) is 76.6 cm³/mol. The van der Waals surface area contributed by atoms with Crippen LogP contribution in [0.1, 0.15) is 10.5 Å². The van der Waals surface area contributed by atoms with E-state index in [0.717, 1.165) is 25.2 Å². The van der Waals surface area contributed by atoms with Crippen LogP contribution in [-0.4, -0.2) is 54.9 Å². The summed E-state index contributed by atoms with van der Waals surface area (Å²) in [7, 11) is 0. The highest BCUT2D eigenvalue weighted by molar-refractivity contribution is 5.92. The summed E-state index contributed by atoms with van der Waals surface area (Å²) in [6.07, 6.45) is 4.20. The quantitative estimate of drug-likeness (QED) is 0.618. The van der Waals surface area contributed by atoms with E-state index in [2.05, 4.69) is 21.8 Å². The molecule has 1 aromatic heterocycles. The van der Waals surface area contributed by atoms with E-state index in [-0.39, 0.29) is 5.91 Å². The van der Waals surface area contributed by atoms with Crippen LogP contribution in [0.15, 0.2) is 31.0 Å². The number of pyridine rings is 1. The second kappa shape index (κ2) is 6.70. The molecule has 1 aliphatic rings. The molecular weight excluding hydrogens is 256 g/mol. The molecule has 0 spiro atoms. The van der Waals surface area contributed by atoms with Crippen LogP contribution in [-0.2, 0) is 4.79 Å². The van der Waals surface area contributed by atoms with Gasteiger partial charge in [-0.2, -0.15) is 0 Å². The van der Waals surface area contributed by atoms with Crippen molar-refractivity contribution < 1.29 is 9.59 Å². The predicted octanol–water partition coefficient (Wildman–Crippen LogP) is 0.276. The molecule has 20 heavy (non-hydrogen) atoms. The topological polar surface area (TPSA) is 65.5 Å². The van der Waals surface area contributed by atoms with Crippen LogP contribution in [0.2, 0.25) is 0 Å². The minimum Gasteiger partial charge on any atom is -0.367 e. The van der Waals surface area contributed by atoms with E-state index < -0.39 is 0 Å². The summed E-state index contributed by atoms with van der Waals surface area (Å²) in [6, 6.07) is 3.59. The molecule has 2 rings (SSSR count). The zero-order chi connectivity index (χ0) is 14.4. The number of nitrogens with one attached hydrogen (secondary N) is 1. The van der Waals surface area contributed by atoms with Crippen LogP contribution in [0, 0.1) is 0 Å². The van der Waals surface area contributed by atoms with E-state index in [1.165, 1.54) is 0 Å². The number of hydrogen-bond donors (Lipinski definition) is 1. The highest BCUT2D eigenvalue weighted by atomic mass is 16.2. The standard InChI is InChI=1S/C14H18N4O2/c1-2-5-15-14(20)13-4-3-12(10-16-13)18-8-6-17(11-19)7-9-18/h2-4,10-11H,1,5-9H2,(H,15,20). The Morgan fingerprint density at radius 3 is 2.65 bits per heavy atom. The zero-order valence-electron chi connectivity index (χ0n) is 11.3. The minimum atomic E-state index is -0.206. The van der Waals surface area contributed by atoms with Gasteiger partial charge in [-0.3, -0.25) is 9.59 Å². The van der Waals surface area contributed by atoms with Crippen LogP contribution in [0.5, 0.6) is 0 Å². The molecule has 2 amide bonds. The first-order chi connectivity index (χ1) is 9.74. The van der Waals surface area contributed by atoms with Gasteiger partial charge in [0.15, 0.2) is 0 Å². The SMILES string of the molecule is C=CCNC(=O)c1ccc(N2CCN(C=O)CC2)cn1. The van der Waals surface area contributed by atoms with Gasteiger partial charge in [-0.25, -0.2) is 4.98 Å². The molecule has 0 atom stereocenters. The van der Waals surface area contributed by atoms with Crippen molar-refractivity contribution in [1.82, 2.24) is 15.2 Å². The van der Waals surface area contributed by atoms with Crippen LogP contribution < -0.4 is 10.2 Å². The first kappa shape index (κ1) is 14.0. The lowest BCUT2D eigenvalue weighted by Gasteiger charge is -2.33. The number of hydrogen-bond acceptors (Lipinski definition) is 4. The number of anilines is 1. The molecule has 1 aromatic rings. The van der Waals surface area contributed by atoms with Crippen molar-refractivity contribution in [3.8, 4) is 0 Å². The summed E-state index contributed by atoms with van der Waals surface area (Å²) in [4.78, 5) is 30.4. The van der Waals surface area contributed by atoms with E-state index >= 15 is 0 Å². The lowest BCUT2D eigenvalue weighted by Crippen LogP contribution is -2.45. The van der Waals surface area contributed by atoms with Crippen LogP contribution in [0.4, 0.5) is 5.69 Å². The van der Waals surface area contributed by atoms with Gasteiger partial charge in [0.1, 0.15) is 5.69 Å². The number of carbonyl (C=O) groups is 2. The van der Waals surface area contributed by atoms with Crippen molar-refractivity contribution in [1.29, 1.82) is 0 Å². The largest absolute Gasteiger partial charge is 0.367 e. The number of rotatable bonds is 5. The number of carbonyl (C=O) groups excluding carboxylic acids is 2. The average molecular weight is 274 g/mol. The maximum Gasteiger partial charge on any atom is 0.270 e. The number of nitrogens with zero attached hydrogens (tertiary/aromatic N) is 3. The molecule has 1 N–H and O–H groups in total. The van der Waals surface area contributed by atoms with Gasteiger partial charge in [-0.1, -0.05) is 6.08 Å². The molecule has 2 heterocycles. The minimum absolute atomic E-state index is 0.206. The summed E-state index contributed by atoms with van der Waals surface area (Å²) >= 11 is 0. The number of aromatic nitrogens is 1. The molecular formula is C14H18N4O2. The maximum atomic E-state index is 11.7. The average Bonchev–Trinajstić information content (AvgIpc) is 2.53. The summed E-state index contributed by atoms with van der Waals surface area (Å²) in [5.41, 5.74) is 1.36. The van der Waals surface area contributed by atoms with Crippen molar-refractivity contribution in [2.24, 2.45) is 0 Å². The molecule has 1 fully saturated rings. The van der Waals surface area contributed by atoms with Crippen LogP contribution in [0.3, 0.4) is 0 Å². The Kier molecular flexibility index (Phi) is 4.70. The van der Waals surface area contributed by atoms with E-state index in [0.29, 0.717) is 25.3 Å². The van der Waals surface area contributed by atoms with Gasteiger partial charge >= 0.3 is 0 Å². The molecule has 6 nitrogen and oxygen atoms in total. The second-order valence-corrected chi connectivity index (χ2v) is 4.53. The van der Waals surface area contributed by atoms with Crippen molar-refractivity contribution in [3.05, 3.63) is 36.7 Å². The fourth-order valence-corrected chi connectivity index (χ4v) is 2.05. The van der Waals surface area contributed by atoms with E-state index in [1.807, 2.05) is 6.07 Å². The third-order valence-electron chi connectivity index (χ3n) is 3.22. The third kappa shape index (κ3) is 3.34. The van der Waals surface area contributed by atoms with Gasteiger partial charge in [0, 0.05) is 32.7 Å². The van der Waals surface area contributed by atoms with Crippen molar-refractivity contribution in [3.63, 3.8) is 0 Å². The number of piperazine rings is 1. The lowest BCUT2D eigenvalue weighted by molar-refractivity contribution is -0.118. The lowest BCUT2D eigenvalue weighted by atomic mass is 10.2. The van der Waals surface area contributed by atoms with Gasteiger partial charge in [0.25, 0.3) is 5.91 Å². The second-order valence-electron chi connectivity index (χ2n) is 4.53. The van der Waals surface area contributed by atoms with Gasteiger partial charge in [-0.05, 0) is 12.1 Å². The highest BCUT2D eigenvalue weighted by Crippen LogP contribution is 2.15. The van der Waals surface area contributed by atoms with Crippen LogP contribution in [0.25, 0.3) is 0 Å². The first-order valence-electron chi connectivity index (χ1n) is 6.54. The normalized spacial score (nSPS) is 14.8. The highest BCUT2D eigenvalue weighted by Gasteiger charge is 2.16.